The molecule has 1 nitrogen and oxygen atoms in total. The molecule has 1 unspecified atom stereocenters. The quantitative estimate of drug-likeness (QED) is 0.783. The maximum Gasteiger partial charge on any atom is 0.0637 e. The van der Waals surface area contributed by atoms with E-state index in [4.69, 9.17) is 0 Å². The first-order valence-electron chi connectivity index (χ1n) is 8.24. The van der Waals surface area contributed by atoms with Crippen molar-refractivity contribution < 1.29 is 5.11 Å². The van der Waals surface area contributed by atoms with Crippen molar-refractivity contribution in [1.29, 1.82) is 0 Å². The summed E-state index contributed by atoms with van der Waals surface area (Å²) in [6.07, 6.45) is 6.76. The lowest BCUT2D eigenvalue weighted by Crippen LogP contribution is -2.35. The molecule has 1 N–H and O–H groups in total. The highest BCUT2D eigenvalue weighted by atomic mass is 32.1. The first-order valence-corrected chi connectivity index (χ1v) is 9.12. The standard InChI is InChI=1S/C19H26OS/c1-14(2)12-19(9-5-6-10-19)18(20)11-15-13-21-17-8-4-3-7-16(15)17/h3-4,7-8,13-14,18,20H,5-6,9-12H2,1-2H3. The van der Waals surface area contributed by atoms with Gasteiger partial charge in [-0.25, -0.2) is 0 Å². The summed E-state index contributed by atoms with van der Waals surface area (Å²) in [5.41, 5.74) is 1.50. The molecular formula is C19H26OS. The maximum absolute atomic E-state index is 11.0. The van der Waals surface area contributed by atoms with E-state index in [1.165, 1.54) is 41.3 Å². The van der Waals surface area contributed by atoms with Crippen LogP contribution in [-0.2, 0) is 6.42 Å². The highest BCUT2D eigenvalue weighted by Crippen LogP contribution is 2.47. The first kappa shape index (κ1) is 15.1. The zero-order valence-electron chi connectivity index (χ0n) is 13.1. The molecule has 21 heavy (non-hydrogen) atoms. The Morgan fingerprint density at radius 2 is 1.90 bits per heavy atom. The molecule has 0 saturated heterocycles. The lowest BCUT2D eigenvalue weighted by molar-refractivity contribution is 0.0136. The molecule has 1 aliphatic rings. The second-order valence-corrected chi connectivity index (χ2v) is 8.06. The topological polar surface area (TPSA) is 20.2 Å². The van der Waals surface area contributed by atoms with Gasteiger partial charge in [-0.1, -0.05) is 44.9 Å². The molecule has 1 atom stereocenters. The lowest BCUT2D eigenvalue weighted by Gasteiger charge is -2.36. The largest absolute Gasteiger partial charge is 0.392 e. The van der Waals surface area contributed by atoms with Gasteiger partial charge in [-0.3, -0.25) is 0 Å². The van der Waals surface area contributed by atoms with Crippen molar-refractivity contribution in [3.05, 3.63) is 35.2 Å². The van der Waals surface area contributed by atoms with Crippen LogP contribution in [0.4, 0.5) is 0 Å². The number of thiophene rings is 1. The van der Waals surface area contributed by atoms with Crippen molar-refractivity contribution in [2.45, 2.75) is 58.5 Å². The predicted molar refractivity (Wildman–Crippen MR) is 91.9 cm³/mol. The smallest absolute Gasteiger partial charge is 0.0637 e. The van der Waals surface area contributed by atoms with Gasteiger partial charge in [0.1, 0.15) is 0 Å². The molecule has 0 bridgehead atoms. The predicted octanol–water partition coefficient (Wildman–Crippen LogP) is 5.41. The van der Waals surface area contributed by atoms with Gasteiger partial charge in [0.15, 0.2) is 0 Å². The monoisotopic (exact) mass is 302 g/mol. The third kappa shape index (κ3) is 3.02. The zero-order chi connectivity index (χ0) is 14.9. The maximum atomic E-state index is 11.0. The van der Waals surface area contributed by atoms with E-state index in [1.807, 2.05) is 0 Å². The fourth-order valence-corrected chi connectivity index (χ4v) is 5.16. The van der Waals surface area contributed by atoms with Gasteiger partial charge in [0.05, 0.1) is 6.10 Å². The van der Waals surface area contributed by atoms with Crippen molar-refractivity contribution >= 4 is 21.4 Å². The number of rotatable bonds is 5. The SMILES string of the molecule is CC(C)CC1(C(O)Cc2csc3ccccc23)CCCC1. The van der Waals surface area contributed by atoms with E-state index in [1.54, 1.807) is 11.3 Å². The highest BCUT2D eigenvalue weighted by molar-refractivity contribution is 7.17. The molecule has 0 amide bonds. The molecule has 1 fully saturated rings. The Bertz CT molecular complexity index is 592. The number of hydrogen-bond donors (Lipinski definition) is 1. The minimum atomic E-state index is -0.194. The van der Waals surface area contributed by atoms with E-state index in [9.17, 15) is 5.11 Å². The lowest BCUT2D eigenvalue weighted by atomic mass is 9.72. The number of hydrogen-bond acceptors (Lipinski definition) is 2. The average Bonchev–Trinajstić information content (AvgIpc) is 3.07. The summed E-state index contributed by atoms with van der Waals surface area (Å²) >= 11 is 1.80. The van der Waals surface area contributed by atoms with Gasteiger partial charge in [-0.05, 0) is 53.0 Å². The fourth-order valence-electron chi connectivity index (χ4n) is 4.18. The summed E-state index contributed by atoms with van der Waals surface area (Å²) in [5, 5.41) is 14.6. The second kappa shape index (κ2) is 6.10. The summed E-state index contributed by atoms with van der Waals surface area (Å²) in [5.74, 6) is 0.664. The molecule has 2 aromatic rings. The summed E-state index contributed by atoms with van der Waals surface area (Å²) in [7, 11) is 0. The van der Waals surface area contributed by atoms with Gasteiger partial charge < -0.3 is 5.11 Å². The Kier molecular flexibility index (Phi) is 4.37. The summed E-state index contributed by atoms with van der Waals surface area (Å²) < 4.78 is 1.34. The van der Waals surface area contributed by atoms with Crippen molar-refractivity contribution in [1.82, 2.24) is 0 Å². The number of fused-ring (bicyclic) bond motifs is 1. The molecule has 1 saturated carbocycles. The molecule has 1 aromatic carbocycles. The molecule has 0 aliphatic heterocycles. The average molecular weight is 302 g/mol. The van der Waals surface area contributed by atoms with Crippen LogP contribution in [0.5, 0.6) is 0 Å². The summed E-state index contributed by atoms with van der Waals surface area (Å²) in [6, 6.07) is 8.56. The minimum absolute atomic E-state index is 0.164. The number of benzene rings is 1. The first-order chi connectivity index (χ1) is 10.1. The highest BCUT2D eigenvalue weighted by Gasteiger charge is 2.40. The fraction of sp³-hybridized carbons (Fsp3) is 0.579. The third-order valence-corrected chi connectivity index (χ3v) is 6.11. The minimum Gasteiger partial charge on any atom is -0.392 e. The summed E-state index contributed by atoms with van der Waals surface area (Å²) in [6.45, 7) is 4.57. The Labute approximate surface area is 132 Å². The van der Waals surface area contributed by atoms with Crippen LogP contribution in [0, 0.1) is 11.3 Å². The van der Waals surface area contributed by atoms with E-state index in [-0.39, 0.29) is 11.5 Å². The van der Waals surface area contributed by atoms with Crippen molar-refractivity contribution in [3.8, 4) is 0 Å². The number of aliphatic hydroxyl groups excluding tert-OH is 1. The Balaban J connectivity index is 1.82. The van der Waals surface area contributed by atoms with Crippen LogP contribution in [0.25, 0.3) is 10.1 Å². The molecule has 1 heterocycles. The van der Waals surface area contributed by atoms with Gasteiger partial charge in [-0.2, -0.15) is 0 Å². The van der Waals surface area contributed by atoms with Gasteiger partial charge in [0, 0.05) is 11.1 Å². The van der Waals surface area contributed by atoms with Crippen LogP contribution < -0.4 is 0 Å². The van der Waals surface area contributed by atoms with Crippen LogP contribution in [0.3, 0.4) is 0 Å². The van der Waals surface area contributed by atoms with Crippen LogP contribution in [0.15, 0.2) is 29.6 Å². The molecule has 3 rings (SSSR count). The van der Waals surface area contributed by atoms with Gasteiger partial charge >= 0.3 is 0 Å². The van der Waals surface area contributed by atoms with Crippen molar-refractivity contribution in [2.75, 3.05) is 0 Å². The molecule has 1 aromatic heterocycles. The Morgan fingerprint density at radius 3 is 2.62 bits per heavy atom. The van der Waals surface area contributed by atoms with Gasteiger partial charge in [0.25, 0.3) is 0 Å². The Morgan fingerprint density at radius 1 is 1.19 bits per heavy atom. The molecule has 114 valence electrons. The van der Waals surface area contributed by atoms with Crippen molar-refractivity contribution in [2.24, 2.45) is 11.3 Å². The third-order valence-electron chi connectivity index (χ3n) is 5.10. The molecule has 1 aliphatic carbocycles. The molecular weight excluding hydrogens is 276 g/mol. The zero-order valence-corrected chi connectivity index (χ0v) is 14.0. The summed E-state index contributed by atoms with van der Waals surface area (Å²) in [4.78, 5) is 0. The van der Waals surface area contributed by atoms with E-state index in [0.29, 0.717) is 5.92 Å². The Hall–Kier alpha value is -0.860. The van der Waals surface area contributed by atoms with E-state index in [0.717, 1.165) is 12.8 Å². The van der Waals surface area contributed by atoms with Crippen LogP contribution in [0.1, 0.15) is 51.5 Å². The molecule has 2 heteroatoms. The molecule has 0 spiro atoms. The normalized spacial score (nSPS) is 19.4. The van der Waals surface area contributed by atoms with Gasteiger partial charge in [0.2, 0.25) is 0 Å². The number of aliphatic hydroxyl groups is 1. The van der Waals surface area contributed by atoms with E-state index >= 15 is 0 Å². The van der Waals surface area contributed by atoms with E-state index in [2.05, 4.69) is 43.5 Å². The van der Waals surface area contributed by atoms with Crippen LogP contribution >= 0.6 is 11.3 Å². The van der Waals surface area contributed by atoms with Crippen molar-refractivity contribution in [3.63, 3.8) is 0 Å². The van der Waals surface area contributed by atoms with Crippen LogP contribution in [-0.4, -0.2) is 11.2 Å². The molecule has 0 radical (unpaired) electrons. The van der Waals surface area contributed by atoms with Crippen LogP contribution in [0.2, 0.25) is 0 Å². The van der Waals surface area contributed by atoms with Gasteiger partial charge in [-0.15, -0.1) is 11.3 Å². The second-order valence-electron chi connectivity index (χ2n) is 7.14. The van der Waals surface area contributed by atoms with E-state index < -0.39 is 0 Å².